The van der Waals surface area contributed by atoms with Crippen LogP contribution in [-0.4, -0.2) is 14.4 Å². The minimum atomic E-state index is -0.117. The first kappa shape index (κ1) is 26.7. The van der Waals surface area contributed by atoms with Crippen molar-refractivity contribution in [3.05, 3.63) is 88.5 Å². The molecule has 51 heavy (non-hydrogen) atoms. The summed E-state index contributed by atoms with van der Waals surface area (Å²) >= 11 is 0. The van der Waals surface area contributed by atoms with Crippen LogP contribution in [0.2, 0.25) is 0 Å². The molecule has 3 nitrogen and oxygen atoms in total. The molecule has 7 unspecified atom stereocenters. The van der Waals surface area contributed by atoms with E-state index < -0.39 is 0 Å². The highest BCUT2D eigenvalue weighted by Gasteiger charge is 2.66. The van der Waals surface area contributed by atoms with Crippen molar-refractivity contribution in [1.82, 2.24) is 14.4 Å². The second kappa shape index (κ2) is 8.14. The molecule has 5 fully saturated rings. The first-order valence-electron chi connectivity index (χ1n) is 20.6. The van der Waals surface area contributed by atoms with E-state index in [-0.39, 0.29) is 5.41 Å². The van der Waals surface area contributed by atoms with Crippen LogP contribution in [0.5, 0.6) is 0 Å². The lowest BCUT2D eigenvalue weighted by Crippen LogP contribution is -2.41. The van der Waals surface area contributed by atoms with Gasteiger partial charge in [-0.05, 0) is 155 Å². The summed E-state index contributed by atoms with van der Waals surface area (Å²) in [7, 11) is 0. The van der Waals surface area contributed by atoms with Gasteiger partial charge in [0.25, 0.3) is 0 Å². The molecule has 0 aliphatic heterocycles. The quantitative estimate of drug-likeness (QED) is 0.162. The van der Waals surface area contributed by atoms with E-state index >= 15 is 0 Å². The number of benzene rings is 3. The second-order valence-corrected chi connectivity index (χ2v) is 19.8. The Morgan fingerprint density at radius 1 is 0.627 bits per heavy atom. The van der Waals surface area contributed by atoms with E-state index in [1.807, 2.05) is 0 Å². The van der Waals surface area contributed by atoms with Crippen molar-refractivity contribution in [2.75, 3.05) is 0 Å². The third-order valence-corrected chi connectivity index (χ3v) is 17.6. The molecule has 0 radical (unpaired) electrons. The van der Waals surface area contributed by atoms with Crippen LogP contribution in [0.15, 0.2) is 54.9 Å². The van der Waals surface area contributed by atoms with Gasteiger partial charge in [-0.15, -0.1) is 0 Å². The van der Waals surface area contributed by atoms with Gasteiger partial charge in [0.1, 0.15) is 0 Å². The molecule has 9 aliphatic carbocycles. The Kier molecular flexibility index (Phi) is 4.27. The lowest BCUT2D eigenvalue weighted by molar-refractivity contribution is 0.00321. The topological polar surface area (TPSA) is 30.2 Å². The number of nitrogens with zero attached hydrogens (tertiary/aromatic N) is 3. The predicted octanol–water partition coefficient (Wildman–Crippen LogP) is 11.9. The van der Waals surface area contributed by atoms with Crippen molar-refractivity contribution in [1.29, 1.82) is 0 Å². The Labute approximate surface area is 298 Å². The molecule has 9 aliphatic rings. The van der Waals surface area contributed by atoms with Gasteiger partial charge in [-0.3, -0.25) is 9.97 Å². The average molecular weight is 662 g/mol. The van der Waals surface area contributed by atoms with Crippen LogP contribution in [0.4, 0.5) is 0 Å². The molecule has 3 heteroatoms. The molecular weight excluding hydrogens is 619 g/mol. The van der Waals surface area contributed by atoms with Crippen molar-refractivity contribution < 1.29 is 0 Å². The van der Waals surface area contributed by atoms with Gasteiger partial charge in [-0.2, -0.15) is 0 Å². The molecule has 0 saturated heterocycles. The number of aromatic nitrogens is 3. The van der Waals surface area contributed by atoms with Crippen molar-refractivity contribution in [3.63, 3.8) is 0 Å². The Morgan fingerprint density at radius 3 is 2.14 bits per heavy atom. The van der Waals surface area contributed by atoms with Crippen molar-refractivity contribution >= 4 is 48.9 Å². The molecule has 4 aromatic heterocycles. The molecule has 1 spiro atoms. The summed E-state index contributed by atoms with van der Waals surface area (Å²) in [5, 5.41) is 8.99. The largest absolute Gasteiger partial charge is 0.305 e. The lowest BCUT2D eigenvalue weighted by Gasteiger charge is -2.48. The molecule has 7 bridgehead atoms. The Morgan fingerprint density at radius 2 is 1.31 bits per heavy atom. The first-order chi connectivity index (χ1) is 25.0. The van der Waals surface area contributed by atoms with Gasteiger partial charge in [0.05, 0.1) is 28.9 Å². The third-order valence-electron chi connectivity index (χ3n) is 17.6. The fourth-order valence-electron chi connectivity index (χ4n) is 16.0. The van der Waals surface area contributed by atoms with Crippen LogP contribution in [0.1, 0.15) is 135 Å². The van der Waals surface area contributed by atoms with Crippen molar-refractivity contribution in [3.8, 4) is 11.1 Å². The highest BCUT2D eigenvalue weighted by atomic mass is 15.0. The van der Waals surface area contributed by atoms with Crippen LogP contribution in [0.3, 0.4) is 0 Å². The summed E-state index contributed by atoms with van der Waals surface area (Å²) in [4.78, 5) is 11.1. The zero-order valence-corrected chi connectivity index (χ0v) is 29.7. The van der Waals surface area contributed by atoms with E-state index in [0.29, 0.717) is 29.1 Å². The zero-order chi connectivity index (χ0) is 32.9. The smallest absolute Gasteiger partial charge is 0.0728 e. The zero-order valence-electron chi connectivity index (χ0n) is 29.7. The normalized spacial score (nSPS) is 35.5. The molecule has 7 atom stereocenters. The summed E-state index contributed by atoms with van der Waals surface area (Å²) in [6, 6.07) is 16.9. The summed E-state index contributed by atoms with van der Waals surface area (Å²) in [6.07, 6.45) is 18.6. The maximum Gasteiger partial charge on any atom is 0.0728 e. The molecule has 0 N–H and O–H groups in total. The number of pyridine rings is 2. The number of fused-ring (bicyclic) bond motifs is 15. The summed E-state index contributed by atoms with van der Waals surface area (Å²) in [6.45, 7) is 5.04. The van der Waals surface area contributed by atoms with Crippen LogP contribution in [0.25, 0.3) is 60.0 Å². The number of rotatable bonds is 0. The van der Waals surface area contributed by atoms with Gasteiger partial charge < -0.3 is 4.40 Å². The fourth-order valence-corrected chi connectivity index (χ4v) is 16.0. The Balaban J connectivity index is 1.17. The molecule has 0 amide bonds. The molecular formula is C48H43N3. The van der Waals surface area contributed by atoms with Crippen LogP contribution in [-0.2, 0) is 5.41 Å². The van der Waals surface area contributed by atoms with Gasteiger partial charge >= 0.3 is 0 Å². The first-order valence-corrected chi connectivity index (χ1v) is 20.6. The molecule has 5 saturated carbocycles. The highest BCUT2D eigenvalue weighted by molar-refractivity contribution is 6.30. The van der Waals surface area contributed by atoms with Gasteiger partial charge in [0.15, 0.2) is 0 Å². The Bertz CT molecular complexity index is 2800. The lowest BCUT2D eigenvalue weighted by atomic mass is 9.56. The van der Waals surface area contributed by atoms with Crippen molar-refractivity contribution in [2.45, 2.75) is 107 Å². The molecule has 16 rings (SSSR count). The van der Waals surface area contributed by atoms with Gasteiger partial charge in [0.2, 0.25) is 0 Å². The SMILES string of the molecule is CC1(C)c2cc3c4c5c(ncc4n4c6cnc7c(c6c(c2-c2cccc6cccc1c26)c34)C1CC2CC(CC7C2)C1)C1CC2CC3CC5CC23C1. The van der Waals surface area contributed by atoms with Crippen LogP contribution < -0.4 is 0 Å². The third kappa shape index (κ3) is 2.75. The molecule has 7 aromatic rings. The Hall–Kier alpha value is -3.98. The average Bonchev–Trinajstić information content (AvgIpc) is 3.77. The van der Waals surface area contributed by atoms with E-state index in [1.54, 1.807) is 21.9 Å². The van der Waals surface area contributed by atoms with E-state index in [2.05, 4.69) is 73.1 Å². The van der Waals surface area contributed by atoms with Crippen molar-refractivity contribution in [2.24, 2.45) is 29.1 Å². The maximum absolute atomic E-state index is 5.57. The van der Waals surface area contributed by atoms with E-state index in [4.69, 9.17) is 9.97 Å². The molecule has 250 valence electrons. The summed E-state index contributed by atoms with van der Waals surface area (Å²) < 4.78 is 2.70. The predicted molar refractivity (Wildman–Crippen MR) is 205 cm³/mol. The molecule has 4 heterocycles. The van der Waals surface area contributed by atoms with E-state index in [1.165, 1.54) is 136 Å². The minimum Gasteiger partial charge on any atom is -0.305 e. The van der Waals surface area contributed by atoms with Crippen LogP contribution in [0, 0.1) is 29.1 Å². The van der Waals surface area contributed by atoms with Crippen LogP contribution >= 0.6 is 0 Å². The standard InChI is InChI=1S/C48H43N3/c1-47(2)33-8-4-6-24-5-3-7-31(37(24)33)40-34(47)17-32-41-35(20-50-45-28-15-30-16-29-14-27(39(41)45)18-48(29,30)19-28)51-36-21-49-44-26-12-22-9-23(13-26)11-25(10-22)38(44)42(36)43(40)46(32)51/h3-8,17,20-23,25-30H,9-16,18-19H2,1-2H3. The second-order valence-electron chi connectivity index (χ2n) is 19.8. The number of hydrogen-bond donors (Lipinski definition) is 0. The monoisotopic (exact) mass is 661 g/mol. The maximum atomic E-state index is 5.57. The van der Waals surface area contributed by atoms with Gasteiger partial charge in [0, 0.05) is 50.2 Å². The summed E-state index contributed by atoms with van der Waals surface area (Å²) in [5.74, 6) is 6.23. The minimum absolute atomic E-state index is 0.117. The number of hydrogen-bond acceptors (Lipinski definition) is 2. The molecule has 3 aromatic carbocycles. The fraction of sp³-hybridized carbons (Fsp3) is 0.458. The van der Waals surface area contributed by atoms with E-state index in [0.717, 1.165) is 23.7 Å². The van der Waals surface area contributed by atoms with Gasteiger partial charge in [-0.25, -0.2) is 0 Å². The summed E-state index contributed by atoms with van der Waals surface area (Å²) in [5.41, 5.74) is 16.9. The van der Waals surface area contributed by atoms with E-state index in [9.17, 15) is 0 Å². The highest BCUT2D eigenvalue weighted by Crippen LogP contribution is 2.76. The van der Waals surface area contributed by atoms with Gasteiger partial charge in [-0.1, -0.05) is 50.2 Å².